The first-order chi connectivity index (χ1) is 7.45. The third kappa shape index (κ3) is 3.21. The highest BCUT2D eigenvalue weighted by molar-refractivity contribution is 4.97. The minimum atomic E-state index is 0.781. The number of aromatic amines is 1. The first-order valence-corrected chi connectivity index (χ1v) is 5.02. The summed E-state index contributed by atoms with van der Waals surface area (Å²) in [5, 5.41) is 9.92. The Morgan fingerprint density at radius 3 is 3.20 bits per heavy atom. The van der Waals surface area contributed by atoms with Crippen LogP contribution in [0.4, 0.5) is 0 Å². The van der Waals surface area contributed by atoms with Crippen LogP contribution in [0.15, 0.2) is 29.1 Å². The van der Waals surface area contributed by atoms with Gasteiger partial charge in [0.05, 0.1) is 12.8 Å². The number of nitrogens with zero attached hydrogens (tertiary/aromatic N) is 2. The zero-order valence-electron chi connectivity index (χ0n) is 8.44. The Kier molecular flexibility index (Phi) is 3.51. The lowest BCUT2D eigenvalue weighted by molar-refractivity contribution is 0.480. The second-order valence-electron chi connectivity index (χ2n) is 3.29. The van der Waals surface area contributed by atoms with E-state index >= 15 is 0 Å². The molecule has 5 heteroatoms. The molecule has 2 rings (SSSR count). The van der Waals surface area contributed by atoms with Gasteiger partial charge in [-0.15, -0.1) is 0 Å². The van der Waals surface area contributed by atoms with E-state index in [0.29, 0.717) is 0 Å². The van der Waals surface area contributed by atoms with Crippen LogP contribution in [0.2, 0.25) is 0 Å². The Bertz CT molecular complexity index is 318. The Balaban J connectivity index is 1.56. The van der Waals surface area contributed by atoms with Gasteiger partial charge in [-0.05, 0) is 25.1 Å². The highest BCUT2D eigenvalue weighted by Gasteiger charge is 1.96. The van der Waals surface area contributed by atoms with Crippen LogP contribution < -0.4 is 5.32 Å². The summed E-state index contributed by atoms with van der Waals surface area (Å²) in [7, 11) is 0. The standard InChI is InChI=1S/C10H14N4O/c1(4-10-12-8-13-14-10)5-11-7-9-3-2-6-15-9/h2-3,6,8,11H,1,4-5,7H2,(H,12,13,14). The van der Waals surface area contributed by atoms with Gasteiger partial charge < -0.3 is 9.73 Å². The predicted octanol–water partition coefficient (Wildman–Crippen LogP) is 1.12. The maximum atomic E-state index is 5.19. The molecule has 2 N–H and O–H groups in total. The smallest absolute Gasteiger partial charge is 0.137 e. The molecule has 0 spiro atoms. The summed E-state index contributed by atoms with van der Waals surface area (Å²) in [6.07, 6.45) is 5.18. The van der Waals surface area contributed by atoms with Gasteiger partial charge in [0.1, 0.15) is 17.9 Å². The third-order valence-electron chi connectivity index (χ3n) is 2.11. The van der Waals surface area contributed by atoms with Crippen molar-refractivity contribution in [1.82, 2.24) is 20.5 Å². The van der Waals surface area contributed by atoms with Crippen LogP contribution in [0.5, 0.6) is 0 Å². The zero-order valence-corrected chi connectivity index (χ0v) is 8.44. The molecule has 2 heterocycles. The largest absolute Gasteiger partial charge is 0.468 e. The van der Waals surface area contributed by atoms with Crippen LogP contribution in [-0.4, -0.2) is 21.7 Å². The van der Waals surface area contributed by atoms with Crippen molar-refractivity contribution in [2.45, 2.75) is 19.4 Å². The van der Waals surface area contributed by atoms with E-state index in [1.54, 1.807) is 6.26 Å². The molecule has 0 unspecified atom stereocenters. The molecule has 0 saturated carbocycles. The Hall–Kier alpha value is -1.62. The summed E-state index contributed by atoms with van der Waals surface area (Å²) in [5.74, 6) is 1.91. The second kappa shape index (κ2) is 5.31. The molecule has 80 valence electrons. The first-order valence-electron chi connectivity index (χ1n) is 5.02. The lowest BCUT2D eigenvalue weighted by Gasteiger charge is -2.00. The van der Waals surface area contributed by atoms with E-state index in [0.717, 1.165) is 37.5 Å². The van der Waals surface area contributed by atoms with Crippen molar-refractivity contribution in [3.8, 4) is 0 Å². The van der Waals surface area contributed by atoms with Gasteiger partial charge in [-0.25, -0.2) is 4.98 Å². The molecule has 0 aliphatic heterocycles. The van der Waals surface area contributed by atoms with Crippen LogP contribution >= 0.6 is 0 Å². The zero-order chi connectivity index (χ0) is 10.3. The fourth-order valence-electron chi connectivity index (χ4n) is 1.36. The van der Waals surface area contributed by atoms with E-state index in [2.05, 4.69) is 20.5 Å². The van der Waals surface area contributed by atoms with Crippen LogP contribution in [0.1, 0.15) is 18.0 Å². The molecule has 0 saturated heterocycles. The second-order valence-corrected chi connectivity index (χ2v) is 3.29. The van der Waals surface area contributed by atoms with Crippen molar-refractivity contribution >= 4 is 0 Å². The Labute approximate surface area is 87.9 Å². The molecular formula is C10H14N4O. The maximum absolute atomic E-state index is 5.19. The fourth-order valence-corrected chi connectivity index (χ4v) is 1.36. The molecule has 0 radical (unpaired) electrons. The molecule has 0 aliphatic carbocycles. The van der Waals surface area contributed by atoms with Crippen molar-refractivity contribution in [3.05, 3.63) is 36.3 Å². The van der Waals surface area contributed by atoms with Crippen LogP contribution in [0.3, 0.4) is 0 Å². The number of nitrogens with one attached hydrogen (secondary N) is 2. The first kappa shape index (κ1) is 9.92. The fraction of sp³-hybridized carbons (Fsp3) is 0.400. The van der Waals surface area contributed by atoms with Crippen LogP contribution in [0, 0.1) is 0 Å². The van der Waals surface area contributed by atoms with Gasteiger partial charge in [0.15, 0.2) is 0 Å². The predicted molar refractivity (Wildman–Crippen MR) is 55.1 cm³/mol. The van der Waals surface area contributed by atoms with E-state index in [-0.39, 0.29) is 0 Å². The molecule has 2 aromatic rings. The van der Waals surface area contributed by atoms with Crippen LogP contribution in [0.25, 0.3) is 0 Å². The molecule has 0 fully saturated rings. The lowest BCUT2D eigenvalue weighted by atomic mass is 10.3. The van der Waals surface area contributed by atoms with Gasteiger partial charge in [0.2, 0.25) is 0 Å². The van der Waals surface area contributed by atoms with E-state index in [1.165, 1.54) is 6.33 Å². The average Bonchev–Trinajstić information content (AvgIpc) is 2.88. The van der Waals surface area contributed by atoms with E-state index in [1.807, 2.05) is 12.1 Å². The minimum Gasteiger partial charge on any atom is -0.468 e. The van der Waals surface area contributed by atoms with Gasteiger partial charge in [0.25, 0.3) is 0 Å². The van der Waals surface area contributed by atoms with Gasteiger partial charge in [0, 0.05) is 6.42 Å². The molecular weight excluding hydrogens is 192 g/mol. The highest BCUT2D eigenvalue weighted by Crippen LogP contribution is 1.98. The third-order valence-corrected chi connectivity index (χ3v) is 2.11. The highest BCUT2D eigenvalue weighted by atomic mass is 16.3. The number of aryl methyl sites for hydroxylation is 1. The van der Waals surface area contributed by atoms with Crippen molar-refractivity contribution in [2.75, 3.05) is 6.54 Å². The summed E-state index contributed by atoms with van der Waals surface area (Å²) < 4.78 is 5.19. The molecule has 0 aliphatic rings. The lowest BCUT2D eigenvalue weighted by Crippen LogP contribution is -2.15. The SMILES string of the molecule is c1coc(CNCCCc2ncn[nH]2)c1. The van der Waals surface area contributed by atoms with Crippen LogP contribution in [-0.2, 0) is 13.0 Å². The number of hydrogen-bond acceptors (Lipinski definition) is 4. The van der Waals surface area contributed by atoms with Gasteiger partial charge in [-0.1, -0.05) is 0 Å². The van der Waals surface area contributed by atoms with Gasteiger partial charge in [-0.3, -0.25) is 5.10 Å². The number of aromatic nitrogens is 3. The number of rotatable bonds is 6. The summed E-state index contributed by atoms with van der Waals surface area (Å²) in [5.41, 5.74) is 0. The summed E-state index contributed by atoms with van der Waals surface area (Å²) in [6, 6.07) is 3.86. The molecule has 0 bridgehead atoms. The summed E-state index contributed by atoms with van der Waals surface area (Å²) in [6.45, 7) is 1.73. The van der Waals surface area contributed by atoms with Crippen molar-refractivity contribution < 1.29 is 4.42 Å². The van der Waals surface area contributed by atoms with Gasteiger partial charge >= 0.3 is 0 Å². The summed E-state index contributed by atoms with van der Waals surface area (Å²) in [4.78, 5) is 4.05. The van der Waals surface area contributed by atoms with Crippen molar-refractivity contribution in [1.29, 1.82) is 0 Å². The van der Waals surface area contributed by atoms with Crippen molar-refractivity contribution in [3.63, 3.8) is 0 Å². The van der Waals surface area contributed by atoms with E-state index in [4.69, 9.17) is 4.42 Å². The van der Waals surface area contributed by atoms with Crippen molar-refractivity contribution in [2.24, 2.45) is 0 Å². The molecule has 0 atom stereocenters. The minimum absolute atomic E-state index is 0.781. The summed E-state index contributed by atoms with van der Waals surface area (Å²) >= 11 is 0. The van der Waals surface area contributed by atoms with Gasteiger partial charge in [-0.2, -0.15) is 5.10 Å². The molecule has 0 aromatic carbocycles. The average molecular weight is 206 g/mol. The monoisotopic (exact) mass is 206 g/mol. The molecule has 0 amide bonds. The quantitative estimate of drug-likeness (QED) is 0.695. The molecule has 2 aromatic heterocycles. The molecule has 5 nitrogen and oxygen atoms in total. The Morgan fingerprint density at radius 1 is 1.47 bits per heavy atom. The maximum Gasteiger partial charge on any atom is 0.137 e. The molecule has 15 heavy (non-hydrogen) atoms. The topological polar surface area (TPSA) is 66.7 Å². The normalized spacial score (nSPS) is 10.7. The number of H-pyrrole nitrogens is 1. The Morgan fingerprint density at radius 2 is 2.47 bits per heavy atom. The number of hydrogen-bond donors (Lipinski definition) is 2. The van der Waals surface area contributed by atoms with E-state index in [9.17, 15) is 0 Å². The van der Waals surface area contributed by atoms with E-state index < -0.39 is 0 Å². The number of furan rings is 1.